The van der Waals surface area contributed by atoms with Gasteiger partial charge in [-0.3, -0.25) is 4.79 Å². The summed E-state index contributed by atoms with van der Waals surface area (Å²) in [5.41, 5.74) is 4.14. The highest BCUT2D eigenvalue weighted by molar-refractivity contribution is 6.54. The van der Waals surface area contributed by atoms with E-state index in [9.17, 15) is 4.79 Å². The van der Waals surface area contributed by atoms with Crippen molar-refractivity contribution in [1.29, 1.82) is 0 Å². The van der Waals surface area contributed by atoms with Gasteiger partial charge in [0.25, 0.3) is 5.91 Å². The molecule has 0 aromatic heterocycles. The Morgan fingerprint density at radius 3 is 2.44 bits per heavy atom. The van der Waals surface area contributed by atoms with Crippen LogP contribution in [0.4, 0.5) is 11.4 Å². The summed E-state index contributed by atoms with van der Waals surface area (Å²) in [5, 5.41) is 8.37. The molecule has 27 heavy (non-hydrogen) atoms. The van der Waals surface area contributed by atoms with Gasteiger partial charge < -0.3 is 9.80 Å². The van der Waals surface area contributed by atoms with Crippen LogP contribution in [0.1, 0.15) is 25.0 Å². The number of benzene rings is 2. The summed E-state index contributed by atoms with van der Waals surface area (Å²) >= 11 is 0. The number of carbonyl (C=O) groups excluding carboxylic acids is 1. The molecule has 0 saturated heterocycles. The second kappa shape index (κ2) is 8.45. The third kappa shape index (κ3) is 3.82. The SMILES string of the molecule is C=CCN1C(=O)/C(=N\N=C/c2ccc(N(CC)CC)cc2)c2ccccc21. The van der Waals surface area contributed by atoms with Crippen molar-refractivity contribution in [3.8, 4) is 0 Å². The predicted molar refractivity (Wildman–Crippen MR) is 113 cm³/mol. The average molecular weight is 360 g/mol. The monoisotopic (exact) mass is 360 g/mol. The van der Waals surface area contributed by atoms with Gasteiger partial charge in [0.05, 0.1) is 11.9 Å². The highest BCUT2D eigenvalue weighted by atomic mass is 16.2. The average Bonchev–Trinajstić information content (AvgIpc) is 2.96. The molecule has 1 aliphatic rings. The van der Waals surface area contributed by atoms with E-state index < -0.39 is 0 Å². The molecule has 0 bridgehead atoms. The summed E-state index contributed by atoms with van der Waals surface area (Å²) in [4.78, 5) is 16.6. The molecule has 2 aromatic rings. The quantitative estimate of drug-likeness (QED) is 0.427. The molecule has 0 atom stereocenters. The maximum atomic E-state index is 12.6. The van der Waals surface area contributed by atoms with Gasteiger partial charge in [0, 0.05) is 30.9 Å². The van der Waals surface area contributed by atoms with Crippen molar-refractivity contribution in [1.82, 2.24) is 0 Å². The topological polar surface area (TPSA) is 48.3 Å². The lowest BCUT2D eigenvalue weighted by atomic mass is 10.1. The Bertz CT molecular complexity index is 879. The molecule has 0 aliphatic carbocycles. The molecule has 0 N–H and O–H groups in total. The largest absolute Gasteiger partial charge is 0.372 e. The van der Waals surface area contributed by atoms with E-state index >= 15 is 0 Å². The number of hydrogen-bond acceptors (Lipinski definition) is 4. The van der Waals surface area contributed by atoms with Gasteiger partial charge in [0.2, 0.25) is 0 Å². The van der Waals surface area contributed by atoms with E-state index in [1.165, 1.54) is 5.69 Å². The zero-order chi connectivity index (χ0) is 19.2. The first-order valence-electron chi connectivity index (χ1n) is 9.17. The van der Waals surface area contributed by atoms with Gasteiger partial charge in [0.1, 0.15) is 0 Å². The van der Waals surface area contributed by atoms with Gasteiger partial charge >= 0.3 is 0 Å². The second-order valence-corrected chi connectivity index (χ2v) is 6.18. The zero-order valence-corrected chi connectivity index (χ0v) is 15.8. The van der Waals surface area contributed by atoms with E-state index in [-0.39, 0.29) is 5.91 Å². The lowest BCUT2D eigenvalue weighted by Crippen LogP contribution is -2.30. The second-order valence-electron chi connectivity index (χ2n) is 6.18. The van der Waals surface area contributed by atoms with Crippen molar-refractivity contribution in [3.63, 3.8) is 0 Å². The van der Waals surface area contributed by atoms with Crippen molar-refractivity contribution in [3.05, 3.63) is 72.3 Å². The maximum absolute atomic E-state index is 12.6. The maximum Gasteiger partial charge on any atom is 0.279 e. The highest BCUT2D eigenvalue weighted by Gasteiger charge is 2.32. The third-order valence-corrected chi connectivity index (χ3v) is 4.60. The van der Waals surface area contributed by atoms with E-state index in [4.69, 9.17) is 0 Å². The van der Waals surface area contributed by atoms with E-state index in [0.717, 1.165) is 29.9 Å². The van der Waals surface area contributed by atoms with Gasteiger partial charge in [-0.25, -0.2) is 0 Å². The number of amides is 1. The first-order chi connectivity index (χ1) is 13.2. The number of anilines is 2. The van der Waals surface area contributed by atoms with Gasteiger partial charge in [0.15, 0.2) is 5.71 Å². The molecule has 1 heterocycles. The number of fused-ring (bicyclic) bond motifs is 1. The fraction of sp³-hybridized carbons (Fsp3) is 0.227. The van der Waals surface area contributed by atoms with Crippen LogP contribution in [0.2, 0.25) is 0 Å². The zero-order valence-electron chi connectivity index (χ0n) is 15.8. The number of para-hydroxylation sites is 1. The number of nitrogens with zero attached hydrogens (tertiary/aromatic N) is 4. The van der Waals surface area contributed by atoms with Crippen LogP contribution in [-0.4, -0.2) is 37.5 Å². The minimum atomic E-state index is -0.148. The molecule has 5 heteroatoms. The molecular weight excluding hydrogens is 336 g/mol. The molecule has 3 rings (SSSR count). The Hall–Kier alpha value is -3.21. The Balaban J connectivity index is 1.81. The Labute approximate surface area is 160 Å². The standard InChI is InChI=1S/C22H24N4O/c1-4-15-26-20-10-8-7-9-19(20)21(22(26)27)24-23-16-17-11-13-18(14-12-17)25(5-2)6-3/h4,7-14,16H,1,5-6,15H2,2-3H3/b23-16-,24-21-. The molecule has 0 fully saturated rings. The molecule has 0 saturated carbocycles. The van der Waals surface area contributed by atoms with Crippen LogP contribution in [0.5, 0.6) is 0 Å². The van der Waals surface area contributed by atoms with Crippen molar-refractivity contribution in [2.75, 3.05) is 29.4 Å². The number of rotatable bonds is 7. The van der Waals surface area contributed by atoms with E-state index in [0.29, 0.717) is 12.3 Å². The molecule has 0 unspecified atom stereocenters. The highest BCUT2D eigenvalue weighted by Crippen LogP contribution is 2.29. The predicted octanol–water partition coefficient (Wildman–Crippen LogP) is 3.89. The van der Waals surface area contributed by atoms with Crippen molar-refractivity contribution < 1.29 is 4.79 Å². The summed E-state index contributed by atoms with van der Waals surface area (Å²) in [6, 6.07) is 15.8. The summed E-state index contributed by atoms with van der Waals surface area (Å²) in [6.45, 7) is 10.4. The van der Waals surface area contributed by atoms with Crippen LogP contribution < -0.4 is 9.80 Å². The number of hydrogen-bond donors (Lipinski definition) is 0. The first kappa shape index (κ1) is 18.6. The molecule has 0 spiro atoms. The fourth-order valence-corrected chi connectivity index (χ4v) is 3.18. The van der Waals surface area contributed by atoms with Crippen LogP contribution >= 0.6 is 0 Å². The molecule has 138 valence electrons. The summed E-state index contributed by atoms with van der Waals surface area (Å²) < 4.78 is 0. The molecule has 2 aromatic carbocycles. The van der Waals surface area contributed by atoms with Gasteiger partial charge in [-0.1, -0.05) is 36.4 Å². The Morgan fingerprint density at radius 1 is 1.07 bits per heavy atom. The molecular formula is C22H24N4O. The lowest BCUT2D eigenvalue weighted by Gasteiger charge is -2.20. The van der Waals surface area contributed by atoms with Crippen molar-refractivity contribution >= 4 is 29.2 Å². The third-order valence-electron chi connectivity index (χ3n) is 4.60. The van der Waals surface area contributed by atoms with Crippen LogP contribution in [0.15, 0.2) is 71.4 Å². The summed E-state index contributed by atoms with van der Waals surface area (Å²) in [5.74, 6) is -0.148. The summed E-state index contributed by atoms with van der Waals surface area (Å²) in [6.07, 6.45) is 3.38. The molecule has 1 aliphatic heterocycles. The molecule has 0 radical (unpaired) electrons. The minimum absolute atomic E-state index is 0.148. The van der Waals surface area contributed by atoms with Crippen LogP contribution in [0, 0.1) is 0 Å². The van der Waals surface area contributed by atoms with Gasteiger partial charge in [-0.05, 0) is 37.6 Å². The number of carbonyl (C=O) groups is 1. The van der Waals surface area contributed by atoms with E-state index in [2.05, 4.69) is 47.7 Å². The lowest BCUT2D eigenvalue weighted by molar-refractivity contribution is -0.112. The first-order valence-corrected chi connectivity index (χ1v) is 9.17. The fourth-order valence-electron chi connectivity index (χ4n) is 3.18. The van der Waals surface area contributed by atoms with E-state index in [1.54, 1.807) is 17.2 Å². The molecule has 5 nitrogen and oxygen atoms in total. The van der Waals surface area contributed by atoms with Gasteiger partial charge in [-0.2, -0.15) is 5.10 Å². The van der Waals surface area contributed by atoms with Gasteiger partial charge in [-0.15, -0.1) is 11.7 Å². The van der Waals surface area contributed by atoms with Crippen LogP contribution in [-0.2, 0) is 4.79 Å². The van der Waals surface area contributed by atoms with Crippen LogP contribution in [0.3, 0.4) is 0 Å². The van der Waals surface area contributed by atoms with Crippen molar-refractivity contribution in [2.24, 2.45) is 10.2 Å². The normalized spacial score (nSPS) is 14.8. The Morgan fingerprint density at radius 2 is 1.78 bits per heavy atom. The smallest absolute Gasteiger partial charge is 0.279 e. The Kier molecular flexibility index (Phi) is 5.81. The molecule has 1 amide bonds. The minimum Gasteiger partial charge on any atom is -0.372 e. The summed E-state index contributed by atoms with van der Waals surface area (Å²) in [7, 11) is 0. The van der Waals surface area contributed by atoms with E-state index in [1.807, 2.05) is 36.4 Å². The van der Waals surface area contributed by atoms with Crippen molar-refractivity contribution in [2.45, 2.75) is 13.8 Å². The van der Waals surface area contributed by atoms with Crippen LogP contribution in [0.25, 0.3) is 0 Å².